The number of fused-ring (bicyclic) bond motifs is 2. The van der Waals surface area contributed by atoms with E-state index in [-0.39, 0.29) is 13.2 Å². The first kappa shape index (κ1) is 19.2. The lowest BCUT2D eigenvalue weighted by atomic mass is 9.72. The molecule has 2 heteroatoms. The Kier molecular flexibility index (Phi) is 5.79. The van der Waals surface area contributed by atoms with E-state index in [0.717, 1.165) is 25.7 Å². The second-order valence-electron chi connectivity index (χ2n) is 8.17. The molecule has 2 atom stereocenters. The zero-order valence-electron chi connectivity index (χ0n) is 16.6. The highest BCUT2D eigenvalue weighted by Gasteiger charge is 2.38. The van der Waals surface area contributed by atoms with Gasteiger partial charge in [0.1, 0.15) is 0 Å². The average molecular weight is 375 g/mol. The van der Waals surface area contributed by atoms with Crippen LogP contribution < -0.4 is 0 Å². The topological polar surface area (TPSA) is 40.5 Å². The Labute approximate surface area is 168 Å². The van der Waals surface area contributed by atoms with Crippen LogP contribution in [-0.4, -0.2) is 23.4 Å². The molecule has 0 radical (unpaired) electrons. The van der Waals surface area contributed by atoms with Crippen molar-refractivity contribution in [2.24, 2.45) is 5.92 Å². The predicted molar refractivity (Wildman–Crippen MR) is 116 cm³/mol. The lowest BCUT2D eigenvalue weighted by Crippen LogP contribution is -2.19. The molecular weight excluding hydrogens is 344 g/mol. The van der Waals surface area contributed by atoms with E-state index in [1.807, 2.05) is 0 Å². The normalized spacial score (nSPS) is 21.1. The van der Waals surface area contributed by atoms with Gasteiger partial charge in [0, 0.05) is 25.0 Å². The molecule has 0 aromatic heterocycles. The van der Waals surface area contributed by atoms with E-state index in [2.05, 4.69) is 67.6 Å². The van der Waals surface area contributed by atoms with Gasteiger partial charge in [-0.1, -0.05) is 78.8 Å². The molecule has 2 aliphatic carbocycles. The molecule has 0 aliphatic heterocycles. The number of hydrogen-bond donors (Lipinski definition) is 2. The Morgan fingerprint density at radius 1 is 0.714 bits per heavy atom. The molecule has 2 aromatic rings. The van der Waals surface area contributed by atoms with Crippen molar-refractivity contribution < 1.29 is 10.2 Å². The maximum Gasteiger partial charge on any atom is 0.0434 e. The third-order valence-electron chi connectivity index (χ3n) is 6.44. The molecule has 2 nitrogen and oxygen atoms in total. The van der Waals surface area contributed by atoms with Gasteiger partial charge in [0.05, 0.1) is 0 Å². The molecular formula is C26H30O2. The molecule has 146 valence electrons. The number of benzene rings is 2. The molecule has 0 saturated carbocycles. The van der Waals surface area contributed by atoms with Crippen LogP contribution in [0.3, 0.4) is 0 Å². The summed E-state index contributed by atoms with van der Waals surface area (Å²) in [6.45, 7) is 2.87. The van der Waals surface area contributed by atoms with E-state index in [0.29, 0.717) is 17.8 Å². The van der Waals surface area contributed by atoms with Crippen LogP contribution in [-0.2, 0) is 0 Å². The highest BCUT2D eigenvalue weighted by molar-refractivity contribution is 5.70. The minimum Gasteiger partial charge on any atom is -0.396 e. The summed E-state index contributed by atoms with van der Waals surface area (Å²) in [6.07, 6.45) is 8.23. The fraction of sp³-hybridized carbons (Fsp3) is 0.385. The summed E-state index contributed by atoms with van der Waals surface area (Å²) in [7, 11) is 0. The fourth-order valence-corrected chi connectivity index (χ4v) is 5.29. The largest absolute Gasteiger partial charge is 0.396 e. The Bertz CT molecular complexity index is 819. The van der Waals surface area contributed by atoms with Crippen LogP contribution in [0.1, 0.15) is 66.7 Å². The molecule has 0 fully saturated rings. The Morgan fingerprint density at radius 3 is 1.57 bits per heavy atom. The Morgan fingerprint density at radius 2 is 1.14 bits per heavy atom. The van der Waals surface area contributed by atoms with Crippen LogP contribution in [0.2, 0.25) is 0 Å². The second-order valence-corrected chi connectivity index (χ2v) is 8.17. The van der Waals surface area contributed by atoms with Crippen LogP contribution in [0.15, 0.2) is 59.7 Å². The van der Waals surface area contributed by atoms with E-state index >= 15 is 0 Å². The van der Waals surface area contributed by atoms with Gasteiger partial charge in [-0.3, -0.25) is 0 Å². The molecule has 4 rings (SSSR count). The zero-order chi connectivity index (χ0) is 19.5. The number of aliphatic hydroxyl groups is 2. The van der Waals surface area contributed by atoms with Crippen molar-refractivity contribution in [2.75, 3.05) is 13.2 Å². The summed E-state index contributed by atoms with van der Waals surface area (Å²) in [5, 5.41) is 18.8. The van der Waals surface area contributed by atoms with Gasteiger partial charge in [0.25, 0.3) is 0 Å². The fourth-order valence-electron chi connectivity index (χ4n) is 5.29. The monoisotopic (exact) mass is 374 g/mol. The second kappa shape index (κ2) is 8.46. The van der Waals surface area contributed by atoms with Crippen molar-refractivity contribution >= 4 is 12.2 Å². The molecule has 2 N–H and O–H groups in total. The highest BCUT2D eigenvalue weighted by Crippen LogP contribution is 2.52. The van der Waals surface area contributed by atoms with E-state index in [1.54, 1.807) is 0 Å². The summed E-state index contributed by atoms with van der Waals surface area (Å²) in [5.41, 5.74) is 8.42. The first-order valence-corrected chi connectivity index (χ1v) is 10.5. The molecule has 28 heavy (non-hydrogen) atoms. The average Bonchev–Trinajstić information content (AvgIpc) is 3.28. The molecule has 0 amide bonds. The first-order valence-electron chi connectivity index (χ1n) is 10.5. The predicted octanol–water partition coefficient (Wildman–Crippen LogP) is 5.53. The minimum atomic E-state index is 0.239. The van der Waals surface area contributed by atoms with Crippen LogP contribution in [0, 0.1) is 5.92 Å². The van der Waals surface area contributed by atoms with Crippen molar-refractivity contribution in [1.29, 1.82) is 0 Å². The smallest absolute Gasteiger partial charge is 0.0434 e. The lowest BCUT2D eigenvalue weighted by molar-refractivity contribution is 0.285. The van der Waals surface area contributed by atoms with Gasteiger partial charge in [-0.15, -0.1) is 0 Å². The third-order valence-corrected chi connectivity index (χ3v) is 6.44. The van der Waals surface area contributed by atoms with Gasteiger partial charge in [0.15, 0.2) is 0 Å². The van der Waals surface area contributed by atoms with Gasteiger partial charge in [-0.25, -0.2) is 0 Å². The van der Waals surface area contributed by atoms with E-state index in [1.165, 1.54) is 33.4 Å². The quantitative estimate of drug-likeness (QED) is 0.638. The van der Waals surface area contributed by atoms with Crippen molar-refractivity contribution in [3.8, 4) is 0 Å². The zero-order valence-corrected chi connectivity index (χ0v) is 16.6. The summed E-state index contributed by atoms with van der Waals surface area (Å²) in [6, 6.07) is 17.5. The number of aliphatic hydroxyl groups excluding tert-OH is 2. The van der Waals surface area contributed by atoms with E-state index < -0.39 is 0 Å². The van der Waals surface area contributed by atoms with Gasteiger partial charge >= 0.3 is 0 Å². The SMILES string of the molecule is CC(C1C(CCCO)=Cc2ccccc21)C1C(CCCO)=Cc2ccccc21. The lowest BCUT2D eigenvalue weighted by Gasteiger charge is -2.32. The maximum atomic E-state index is 9.39. The number of rotatable bonds is 8. The molecule has 2 unspecified atom stereocenters. The molecule has 0 spiro atoms. The molecule has 2 aromatic carbocycles. The van der Waals surface area contributed by atoms with E-state index in [9.17, 15) is 10.2 Å². The summed E-state index contributed by atoms with van der Waals surface area (Å²) in [5.74, 6) is 1.20. The molecule has 2 aliphatic rings. The summed E-state index contributed by atoms with van der Waals surface area (Å²) < 4.78 is 0. The highest BCUT2D eigenvalue weighted by atomic mass is 16.3. The minimum absolute atomic E-state index is 0.239. The molecule has 0 bridgehead atoms. The van der Waals surface area contributed by atoms with Gasteiger partial charge in [0.2, 0.25) is 0 Å². The Hall–Kier alpha value is -2.16. The van der Waals surface area contributed by atoms with Crippen molar-refractivity contribution in [2.45, 2.75) is 44.4 Å². The molecule has 0 saturated heterocycles. The van der Waals surface area contributed by atoms with Gasteiger partial charge < -0.3 is 10.2 Å². The van der Waals surface area contributed by atoms with Crippen molar-refractivity contribution in [3.05, 3.63) is 81.9 Å². The standard InChI is InChI=1S/C26H30O2/c1-18(25-21(10-6-14-27)16-19-8-2-4-12-23(19)25)26-22(11-7-15-28)17-20-9-3-5-13-24(20)26/h2-5,8-9,12-13,16-18,25-28H,6-7,10-11,14-15H2,1H3. The first-order chi connectivity index (χ1) is 13.7. The van der Waals surface area contributed by atoms with E-state index in [4.69, 9.17) is 0 Å². The maximum absolute atomic E-state index is 9.39. The van der Waals surface area contributed by atoms with Crippen LogP contribution in [0.4, 0.5) is 0 Å². The van der Waals surface area contributed by atoms with Gasteiger partial charge in [-0.05, 0) is 53.9 Å². The van der Waals surface area contributed by atoms with Crippen molar-refractivity contribution in [1.82, 2.24) is 0 Å². The van der Waals surface area contributed by atoms with Crippen molar-refractivity contribution in [3.63, 3.8) is 0 Å². The summed E-state index contributed by atoms with van der Waals surface area (Å²) >= 11 is 0. The number of allylic oxidation sites excluding steroid dienone is 2. The molecule has 0 heterocycles. The van der Waals surface area contributed by atoms with Crippen LogP contribution >= 0.6 is 0 Å². The summed E-state index contributed by atoms with van der Waals surface area (Å²) in [4.78, 5) is 0. The Balaban J connectivity index is 1.71. The number of hydrogen-bond acceptors (Lipinski definition) is 2. The van der Waals surface area contributed by atoms with Gasteiger partial charge in [-0.2, -0.15) is 0 Å². The van der Waals surface area contributed by atoms with Crippen LogP contribution in [0.5, 0.6) is 0 Å². The third kappa shape index (κ3) is 3.47. The van der Waals surface area contributed by atoms with Crippen LogP contribution in [0.25, 0.3) is 12.2 Å².